The van der Waals surface area contributed by atoms with Crippen molar-refractivity contribution < 1.29 is 9.13 Å². The van der Waals surface area contributed by atoms with Gasteiger partial charge in [0.15, 0.2) is 5.96 Å². The number of nitrogens with one attached hydrogen (secondary N) is 2. The second kappa shape index (κ2) is 10.3. The summed E-state index contributed by atoms with van der Waals surface area (Å²) < 4.78 is 19.9. The van der Waals surface area contributed by atoms with Crippen LogP contribution in [-0.4, -0.2) is 45.9 Å². The summed E-state index contributed by atoms with van der Waals surface area (Å²) in [4.78, 5) is 6.31. The van der Waals surface area contributed by atoms with Crippen molar-refractivity contribution in [1.82, 2.24) is 10.6 Å². The molecule has 0 bridgehead atoms. The fourth-order valence-corrected chi connectivity index (χ4v) is 3.39. The zero-order valence-corrected chi connectivity index (χ0v) is 17.5. The quantitative estimate of drug-likeness (QED) is 0.578. The van der Waals surface area contributed by atoms with Gasteiger partial charge in [0, 0.05) is 33.2 Å². The Morgan fingerprint density at radius 3 is 2.52 bits per heavy atom. The number of aryl methyl sites for hydroxylation is 1. The molecule has 2 aromatic rings. The molecule has 2 aromatic carbocycles. The van der Waals surface area contributed by atoms with Gasteiger partial charge < -0.3 is 20.3 Å². The van der Waals surface area contributed by atoms with Crippen LogP contribution in [0.15, 0.2) is 47.5 Å². The molecule has 0 saturated carbocycles. The molecule has 29 heavy (non-hydrogen) atoms. The number of hydrogen-bond acceptors (Lipinski definition) is 3. The first kappa shape index (κ1) is 21.1. The molecule has 1 fully saturated rings. The van der Waals surface area contributed by atoms with Gasteiger partial charge in [-0.05, 0) is 36.1 Å². The highest BCUT2D eigenvalue weighted by atomic mass is 19.1. The maximum absolute atomic E-state index is 14.6. The second-order valence-electron chi connectivity index (χ2n) is 7.50. The van der Waals surface area contributed by atoms with Gasteiger partial charge in [0.2, 0.25) is 0 Å². The predicted octanol–water partition coefficient (Wildman–Crippen LogP) is 3.44. The lowest BCUT2D eigenvalue weighted by atomic mass is 10.0. The van der Waals surface area contributed by atoms with Crippen molar-refractivity contribution in [2.45, 2.75) is 26.3 Å². The van der Waals surface area contributed by atoms with E-state index < -0.39 is 0 Å². The number of rotatable bonds is 6. The topological polar surface area (TPSA) is 48.9 Å². The Kier molecular flexibility index (Phi) is 7.47. The zero-order valence-electron chi connectivity index (χ0n) is 17.5. The third-order valence-electron chi connectivity index (χ3n) is 5.27. The van der Waals surface area contributed by atoms with Crippen LogP contribution in [0.4, 0.5) is 10.1 Å². The number of halogens is 1. The Hall–Kier alpha value is -2.60. The third-order valence-corrected chi connectivity index (χ3v) is 5.27. The molecule has 1 heterocycles. The molecule has 3 rings (SSSR count). The molecule has 1 aliphatic heterocycles. The van der Waals surface area contributed by atoms with Crippen molar-refractivity contribution >= 4 is 11.6 Å². The van der Waals surface area contributed by atoms with Crippen molar-refractivity contribution in [2.24, 2.45) is 4.99 Å². The fraction of sp³-hybridized carbons (Fsp3) is 0.435. The number of ether oxygens (including phenoxy) is 1. The minimum Gasteiger partial charge on any atom is -0.378 e. The molecule has 1 aliphatic rings. The number of morpholine rings is 1. The molecule has 6 heteroatoms. The molecule has 1 saturated heterocycles. The number of benzene rings is 2. The molecule has 2 N–H and O–H groups in total. The van der Waals surface area contributed by atoms with E-state index in [0.29, 0.717) is 37.3 Å². The number of hydrogen-bond donors (Lipinski definition) is 2. The molecule has 1 unspecified atom stereocenters. The van der Waals surface area contributed by atoms with Gasteiger partial charge in [-0.25, -0.2) is 4.39 Å². The standard InChI is InChI=1S/C23H31FN4O/c1-17-4-7-20(8-5-17)18(2)15-26-23(25-3)27-16-19-6-9-22(21(24)14-19)28-10-12-29-13-11-28/h4-9,14,18H,10-13,15-16H2,1-3H3,(H2,25,26,27). The van der Waals surface area contributed by atoms with Gasteiger partial charge in [-0.2, -0.15) is 0 Å². The monoisotopic (exact) mass is 398 g/mol. The van der Waals surface area contributed by atoms with E-state index in [0.717, 1.165) is 25.2 Å². The lowest BCUT2D eigenvalue weighted by molar-refractivity contribution is 0.122. The summed E-state index contributed by atoms with van der Waals surface area (Å²) in [6, 6.07) is 14.0. The molecular weight excluding hydrogens is 367 g/mol. The predicted molar refractivity (Wildman–Crippen MR) is 117 cm³/mol. The first-order valence-corrected chi connectivity index (χ1v) is 10.2. The maximum Gasteiger partial charge on any atom is 0.191 e. The highest BCUT2D eigenvalue weighted by Crippen LogP contribution is 2.21. The van der Waals surface area contributed by atoms with Crippen molar-refractivity contribution in [3.8, 4) is 0 Å². The summed E-state index contributed by atoms with van der Waals surface area (Å²) >= 11 is 0. The van der Waals surface area contributed by atoms with Crippen LogP contribution in [-0.2, 0) is 11.3 Å². The zero-order chi connectivity index (χ0) is 20.6. The number of aliphatic imine (C=N–C) groups is 1. The number of anilines is 1. The van der Waals surface area contributed by atoms with Crippen LogP contribution in [0.2, 0.25) is 0 Å². The van der Waals surface area contributed by atoms with E-state index in [-0.39, 0.29) is 5.82 Å². The Balaban J connectivity index is 1.51. The second-order valence-corrected chi connectivity index (χ2v) is 7.50. The molecule has 156 valence electrons. The molecule has 0 amide bonds. The summed E-state index contributed by atoms with van der Waals surface area (Å²) in [5.41, 5.74) is 4.08. The van der Waals surface area contributed by atoms with Crippen molar-refractivity contribution in [1.29, 1.82) is 0 Å². The molecule has 1 atom stereocenters. The van der Waals surface area contributed by atoms with E-state index in [1.807, 2.05) is 17.0 Å². The lowest BCUT2D eigenvalue weighted by Crippen LogP contribution is -2.38. The molecule has 0 spiro atoms. The van der Waals surface area contributed by atoms with Crippen molar-refractivity contribution in [2.75, 3.05) is 44.8 Å². The smallest absolute Gasteiger partial charge is 0.191 e. The molecule has 0 aromatic heterocycles. The largest absolute Gasteiger partial charge is 0.378 e. The van der Waals surface area contributed by atoms with Crippen LogP contribution in [0.1, 0.15) is 29.5 Å². The minimum atomic E-state index is -0.192. The summed E-state index contributed by atoms with van der Waals surface area (Å²) in [6.45, 7) is 8.30. The number of nitrogens with zero attached hydrogens (tertiary/aromatic N) is 2. The average molecular weight is 399 g/mol. The fourth-order valence-electron chi connectivity index (χ4n) is 3.39. The highest BCUT2D eigenvalue weighted by molar-refractivity contribution is 5.79. The Labute approximate surface area is 173 Å². The summed E-state index contributed by atoms with van der Waals surface area (Å²) in [7, 11) is 1.74. The average Bonchev–Trinajstić information content (AvgIpc) is 2.75. The number of guanidine groups is 1. The minimum absolute atomic E-state index is 0.192. The normalized spacial score (nSPS) is 15.9. The van der Waals surface area contributed by atoms with Crippen LogP contribution in [0, 0.1) is 12.7 Å². The third kappa shape index (κ3) is 5.94. The van der Waals surface area contributed by atoms with Gasteiger partial charge in [0.25, 0.3) is 0 Å². The van der Waals surface area contributed by atoms with E-state index in [9.17, 15) is 4.39 Å². The highest BCUT2D eigenvalue weighted by Gasteiger charge is 2.15. The summed E-state index contributed by atoms with van der Waals surface area (Å²) in [5, 5.41) is 6.62. The van der Waals surface area contributed by atoms with Crippen LogP contribution in [0.25, 0.3) is 0 Å². The summed E-state index contributed by atoms with van der Waals surface area (Å²) in [6.07, 6.45) is 0. The Morgan fingerprint density at radius 2 is 1.86 bits per heavy atom. The first-order chi connectivity index (χ1) is 14.1. The van der Waals surface area contributed by atoms with Gasteiger partial charge in [-0.1, -0.05) is 42.8 Å². The first-order valence-electron chi connectivity index (χ1n) is 10.2. The van der Waals surface area contributed by atoms with Crippen LogP contribution >= 0.6 is 0 Å². The van der Waals surface area contributed by atoms with Gasteiger partial charge in [0.1, 0.15) is 5.82 Å². The van der Waals surface area contributed by atoms with E-state index in [2.05, 4.69) is 53.7 Å². The van der Waals surface area contributed by atoms with Crippen molar-refractivity contribution in [3.05, 3.63) is 65.0 Å². The van der Waals surface area contributed by atoms with Gasteiger partial charge in [-0.15, -0.1) is 0 Å². The van der Waals surface area contributed by atoms with E-state index in [1.165, 1.54) is 11.1 Å². The maximum atomic E-state index is 14.6. The molecule has 0 radical (unpaired) electrons. The molecular formula is C23H31FN4O. The van der Waals surface area contributed by atoms with Gasteiger partial charge in [0.05, 0.1) is 18.9 Å². The van der Waals surface area contributed by atoms with Gasteiger partial charge in [-0.3, -0.25) is 4.99 Å². The Bertz CT molecular complexity index is 816. The van der Waals surface area contributed by atoms with Crippen LogP contribution in [0.5, 0.6) is 0 Å². The Morgan fingerprint density at radius 1 is 1.14 bits per heavy atom. The van der Waals surface area contributed by atoms with Crippen molar-refractivity contribution in [3.63, 3.8) is 0 Å². The molecule has 0 aliphatic carbocycles. The lowest BCUT2D eigenvalue weighted by Gasteiger charge is -2.29. The van der Waals surface area contributed by atoms with Crippen LogP contribution in [0.3, 0.4) is 0 Å². The SMILES string of the molecule is CN=C(NCc1ccc(N2CCOCC2)c(F)c1)NCC(C)c1ccc(C)cc1. The van der Waals surface area contributed by atoms with E-state index in [1.54, 1.807) is 13.1 Å². The molecule has 5 nitrogen and oxygen atoms in total. The summed E-state index contributed by atoms with van der Waals surface area (Å²) in [5.74, 6) is 0.878. The van der Waals surface area contributed by atoms with Gasteiger partial charge >= 0.3 is 0 Å². The van der Waals surface area contributed by atoms with E-state index in [4.69, 9.17) is 4.74 Å². The van der Waals surface area contributed by atoms with Crippen LogP contribution < -0.4 is 15.5 Å². The van der Waals surface area contributed by atoms with E-state index >= 15 is 0 Å².